The van der Waals surface area contributed by atoms with Gasteiger partial charge in [0.25, 0.3) is 5.91 Å². The summed E-state index contributed by atoms with van der Waals surface area (Å²) in [6.07, 6.45) is 6.47. The maximum Gasteiger partial charge on any atom is 0.252 e. The van der Waals surface area contributed by atoms with Crippen LogP contribution in [0.15, 0.2) is 65.2 Å². The third kappa shape index (κ3) is 5.20. The Balaban J connectivity index is 1.41. The topological polar surface area (TPSA) is 75.4 Å². The first-order chi connectivity index (χ1) is 15.2. The Hall–Kier alpha value is -3.41. The maximum absolute atomic E-state index is 12.8. The van der Waals surface area contributed by atoms with Gasteiger partial charge in [0.05, 0.1) is 11.8 Å². The van der Waals surface area contributed by atoms with Gasteiger partial charge in [-0.1, -0.05) is 55.3 Å². The summed E-state index contributed by atoms with van der Waals surface area (Å²) in [7, 11) is 0. The number of aromatic nitrogens is 1. The molecule has 1 N–H and O–H groups in total. The highest BCUT2D eigenvalue weighted by Crippen LogP contribution is 2.28. The summed E-state index contributed by atoms with van der Waals surface area (Å²) in [6, 6.07) is 16.9. The van der Waals surface area contributed by atoms with Crippen molar-refractivity contribution in [3.05, 3.63) is 66.4 Å². The minimum Gasteiger partial charge on any atom is -0.436 e. The van der Waals surface area contributed by atoms with Gasteiger partial charge in [-0.2, -0.15) is 0 Å². The molecule has 0 aliphatic carbocycles. The van der Waals surface area contributed by atoms with Crippen LogP contribution in [-0.4, -0.2) is 41.3 Å². The molecule has 0 spiro atoms. The van der Waals surface area contributed by atoms with Gasteiger partial charge in [-0.25, -0.2) is 4.98 Å². The average molecular weight is 418 g/mol. The van der Waals surface area contributed by atoms with Crippen molar-refractivity contribution in [1.29, 1.82) is 0 Å². The Labute approximate surface area is 182 Å². The normalized spacial score (nSPS) is 14.1. The van der Waals surface area contributed by atoms with Gasteiger partial charge in [0.2, 0.25) is 11.8 Å². The molecule has 160 valence electrons. The summed E-state index contributed by atoms with van der Waals surface area (Å²) in [5, 5.41) is 2.88. The zero-order chi connectivity index (χ0) is 21.5. The molecule has 4 rings (SSSR count). The minimum atomic E-state index is -0.237. The first kappa shape index (κ1) is 20.8. The van der Waals surface area contributed by atoms with Crippen molar-refractivity contribution in [1.82, 2.24) is 15.2 Å². The van der Waals surface area contributed by atoms with E-state index in [0.717, 1.165) is 31.5 Å². The highest BCUT2D eigenvalue weighted by Gasteiger charge is 2.18. The molecular weight excluding hydrogens is 390 g/mol. The smallest absolute Gasteiger partial charge is 0.252 e. The number of likely N-dealkylation sites (tertiary alicyclic amines) is 1. The number of nitrogens with one attached hydrogen (secondary N) is 1. The SMILES string of the molecule is O=C(NCCC(=O)N1CCCCCC1)c1ccccc1-c1ncc(-c2ccccc2)o1. The Morgan fingerprint density at radius 3 is 2.42 bits per heavy atom. The number of benzene rings is 2. The molecule has 1 aromatic heterocycles. The van der Waals surface area contributed by atoms with Crippen LogP contribution >= 0.6 is 0 Å². The summed E-state index contributed by atoms with van der Waals surface area (Å²) in [4.78, 5) is 31.6. The molecule has 3 aromatic rings. The van der Waals surface area contributed by atoms with Gasteiger partial charge in [-0.3, -0.25) is 9.59 Å². The first-order valence-electron chi connectivity index (χ1n) is 10.9. The molecule has 0 bridgehead atoms. The van der Waals surface area contributed by atoms with Crippen LogP contribution in [0.5, 0.6) is 0 Å². The molecule has 1 fully saturated rings. The van der Waals surface area contributed by atoms with Crippen molar-refractivity contribution in [2.75, 3.05) is 19.6 Å². The van der Waals surface area contributed by atoms with Crippen molar-refractivity contribution in [3.8, 4) is 22.8 Å². The number of oxazole rings is 1. The first-order valence-corrected chi connectivity index (χ1v) is 10.9. The van der Waals surface area contributed by atoms with Gasteiger partial charge >= 0.3 is 0 Å². The third-order valence-electron chi connectivity index (χ3n) is 5.55. The van der Waals surface area contributed by atoms with Gasteiger partial charge < -0.3 is 14.6 Å². The summed E-state index contributed by atoms with van der Waals surface area (Å²) in [5.41, 5.74) is 2.03. The van der Waals surface area contributed by atoms with Crippen LogP contribution in [-0.2, 0) is 4.79 Å². The second-order valence-electron chi connectivity index (χ2n) is 7.74. The fourth-order valence-electron chi connectivity index (χ4n) is 3.86. The largest absolute Gasteiger partial charge is 0.436 e. The predicted octanol–water partition coefficient (Wildman–Crippen LogP) is 4.53. The molecule has 6 heteroatoms. The molecule has 31 heavy (non-hydrogen) atoms. The second kappa shape index (κ2) is 10.1. The Bertz CT molecular complexity index is 1020. The number of amides is 2. The lowest BCUT2D eigenvalue weighted by Crippen LogP contribution is -2.35. The quantitative estimate of drug-likeness (QED) is 0.639. The van der Waals surface area contributed by atoms with E-state index in [4.69, 9.17) is 4.42 Å². The van der Waals surface area contributed by atoms with Crippen LogP contribution in [0.4, 0.5) is 0 Å². The molecule has 0 atom stereocenters. The molecule has 0 saturated carbocycles. The minimum absolute atomic E-state index is 0.107. The summed E-state index contributed by atoms with van der Waals surface area (Å²) in [6.45, 7) is 1.95. The number of hydrogen-bond donors (Lipinski definition) is 1. The Kier molecular flexibility index (Phi) is 6.77. The molecule has 2 aromatic carbocycles. The summed E-state index contributed by atoms with van der Waals surface area (Å²) in [5.74, 6) is 0.911. The molecule has 1 aliphatic heterocycles. The fraction of sp³-hybridized carbons (Fsp3) is 0.320. The number of carbonyl (C=O) groups is 2. The van der Waals surface area contributed by atoms with Crippen molar-refractivity contribution < 1.29 is 14.0 Å². The number of hydrogen-bond acceptors (Lipinski definition) is 4. The molecule has 2 amide bonds. The fourth-order valence-corrected chi connectivity index (χ4v) is 3.86. The molecule has 6 nitrogen and oxygen atoms in total. The standard InChI is InChI=1S/C25H27N3O3/c29-23(28-16-8-1-2-9-17-28)14-15-26-24(30)20-12-6-7-13-21(20)25-27-18-22(31-25)19-10-4-3-5-11-19/h3-7,10-13,18H,1-2,8-9,14-17H2,(H,26,30). The highest BCUT2D eigenvalue weighted by atomic mass is 16.4. The lowest BCUT2D eigenvalue weighted by molar-refractivity contribution is -0.131. The van der Waals surface area contributed by atoms with Gasteiger partial charge in [-0.05, 0) is 25.0 Å². The van der Waals surface area contributed by atoms with Crippen molar-refractivity contribution in [2.24, 2.45) is 0 Å². The highest BCUT2D eigenvalue weighted by molar-refractivity contribution is 6.00. The van der Waals surface area contributed by atoms with Gasteiger partial charge in [0.15, 0.2) is 5.76 Å². The zero-order valence-corrected chi connectivity index (χ0v) is 17.5. The Morgan fingerprint density at radius 2 is 1.65 bits per heavy atom. The van der Waals surface area contributed by atoms with E-state index >= 15 is 0 Å². The molecule has 1 aliphatic rings. The number of carbonyl (C=O) groups excluding carboxylic acids is 2. The zero-order valence-electron chi connectivity index (χ0n) is 17.5. The lowest BCUT2D eigenvalue weighted by Gasteiger charge is -2.20. The number of nitrogens with zero attached hydrogens (tertiary/aromatic N) is 2. The molecule has 0 radical (unpaired) electrons. The molecule has 1 saturated heterocycles. The van der Waals surface area contributed by atoms with Crippen LogP contribution in [0.1, 0.15) is 42.5 Å². The van der Waals surface area contributed by atoms with E-state index in [1.165, 1.54) is 12.8 Å². The van der Waals surface area contributed by atoms with E-state index in [-0.39, 0.29) is 11.8 Å². The summed E-state index contributed by atoms with van der Waals surface area (Å²) < 4.78 is 5.93. The molecular formula is C25H27N3O3. The monoisotopic (exact) mass is 417 g/mol. The van der Waals surface area contributed by atoms with E-state index in [2.05, 4.69) is 10.3 Å². The second-order valence-corrected chi connectivity index (χ2v) is 7.74. The number of rotatable bonds is 6. The third-order valence-corrected chi connectivity index (χ3v) is 5.55. The predicted molar refractivity (Wildman–Crippen MR) is 119 cm³/mol. The molecule has 0 unspecified atom stereocenters. The Morgan fingerprint density at radius 1 is 0.935 bits per heavy atom. The maximum atomic E-state index is 12.8. The molecule has 2 heterocycles. The van der Waals surface area contributed by atoms with E-state index in [1.807, 2.05) is 53.4 Å². The van der Waals surface area contributed by atoms with Crippen LogP contribution < -0.4 is 5.32 Å². The van der Waals surface area contributed by atoms with Crippen molar-refractivity contribution >= 4 is 11.8 Å². The van der Waals surface area contributed by atoms with Gasteiger partial charge in [0, 0.05) is 37.2 Å². The average Bonchev–Trinajstić information content (AvgIpc) is 3.14. The van der Waals surface area contributed by atoms with E-state index < -0.39 is 0 Å². The summed E-state index contributed by atoms with van der Waals surface area (Å²) >= 11 is 0. The lowest BCUT2D eigenvalue weighted by atomic mass is 10.1. The van der Waals surface area contributed by atoms with Crippen molar-refractivity contribution in [2.45, 2.75) is 32.1 Å². The van der Waals surface area contributed by atoms with E-state index in [1.54, 1.807) is 12.3 Å². The van der Waals surface area contributed by atoms with Crippen molar-refractivity contribution in [3.63, 3.8) is 0 Å². The van der Waals surface area contributed by atoms with Crippen LogP contribution in [0.25, 0.3) is 22.8 Å². The van der Waals surface area contributed by atoms with E-state index in [9.17, 15) is 9.59 Å². The van der Waals surface area contributed by atoms with Crippen LogP contribution in [0.3, 0.4) is 0 Å². The van der Waals surface area contributed by atoms with Gasteiger partial charge in [0.1, 0.15) is 0 Å². The van der Waals surface area contributed by atoms with Gasteiger partial charge in [-0.15, -0.1) is 0 Å². The van der Waals surface area contributed by atoms with Crippen LogP contribution in [0.2, 0.25) is 0 Å². The van der Waals surface area contributed by atoms with E-state index in [0.29, 0.717) is 35.7 Å². The van der Waals surface area contributed by atoms with Crippen LogP contribution in [0, 0.1) is 0 Å².